The molecule has 0 aromatic heterocycles. The van der Waals surface area contributed by atoms with E-state index in [1.165, 1.54) is 11.8 Å². The summed E-state index contributed by atoms with van der Waals surface area (Å²) in [6.45, 7) is 1.20. The molecule has 4 nitrogen and oxygen atoms in total. The first kappa shape index (κ1) is 13.4. The Balaban J connectivity index is 2.10. The van der Waals surface area contributed by atoms with Crippen molar-refractivity contribution in [1.82, 2.24) is 0 Å². The van der Waals surface area contributed by atoms with Gasteiger partial charge in [-0.25, -0.2) is 0 Å². The minimum absolute atomic E-state index is 0.0755. The number of hydrogen-bond acceptors (Lipinski definition) is 4. The smallest absolute Gasteiger partial charge is 0.313 e. The molecule has 6 heteroatoms. The van der Waals surface area contributed by atoms with Crippen LogP contribution in [0.25, 0.3) is 0 Å². The second-order valence-electron chi connectivity index (χ2n) is 3.84. The monoisotopic (exact) mass is 288 g/mol. The highest BCUT2D eigenvalue weighted by Gasteiger charge is 2.15. The zero-order chi connectivity index (χ0) is 13.0. The highest BCUT2D eigenvalue weighted by atomic mass is 35.5. The normalized spacial score (nSPS) is 14.1. The Labute approximate surface area is 114 Å². The van der Waals surface area contributed by atoms with E-state index in [4.69, 9.17) is 26.2 Å². The molecule has 0 amide bonds. The molecule has 2 rings (SSSR count). The van der Waals surface area contributed by atoms with Crippen LogP contribution < -0.4 is 9.47 Å². The van der Waals surface area contributed by atoms with Gasteiger partial charge in [0.15, 0.2) is 11.5 Å². The summed E-state index contributed by atoms with van der Waals surface area (Å²) in [4.78, 5) is 10.4. The summed E-state index contributed by atoms with van der Waals surface area (Å²) in [5.74, 6) is 1.07. The SMILES string of the molecule is O=C(O)CSCc1cc(Cl)c2c(c1)OCCCO2. The molecular weight excluding hydrogens is 276 g/mol. The molecule has 0 spiro atoms. The molecule has 1 aromatic rings. The Bertz CT molecular complexity index is 450. The van der Waals surface area contributed by atoms with E-state index in [1.54, 1.807) is 6.07 Å². The molecule has 0 saturated carbocycles. The van der Waals surface area contributed by atoms with Crippen LogP contribution in [0, 0.1) is 0 Å². The number of halogens is 1. The van der Waals surface area contributed by atoms with E-state index in [9.17, 15) is 4.79 Å². The van der Waals surface area contributed by atoms with Gasteiger partial charge in [-0.15, -0.1) is 11.8 Å². The van der Waals surface area contributed by atoms with E-state index >= 15 is 0 Å². The fraction of sp³-hybridized carbons (Fsp3) is 0.417. The molecule has 0 radical (unpaired) electrons. The third-order valence-electron chi connectivity index (χ3n) is 2.36. The van der Waals surface area contributed by atoms with Crippen molar-refractivity contribution in [3.05, 3.63) is 22.7 Å². The Morgan fingerprint density at radius 3 is 2.94 bits per heavy atom. The molecular formula is C12H13ClO4S. The van der Waals surface area contributed by atoms with Crippen molar-refractivity contribution in [3.63, 3.8) is 0 Å². The predicted molar refractivity (Wildman–Crippen MR) is 70.9 cm³/mol. The van der Waals surface area contributed by atoms with Crippen LogP contribution in [0.4, 0.5) is 0 Å². The van der Waals surface area contributed by atoms with E-state index in [1.807, 2.05) is 6.07 Å². The topological polar surface area (TPSA) is 55.8 Å². The van der Waals surface area contributed by atoms with Crippen molar-refractivity contribution in [2.75, 3.05) is 19.0 Å². The van der Waals surface area contributed by atoms with Gasteiger partial charge in [0.05, 0.1) is 24.0 Å². The zero-order valence-corrected chi connectivity index (χ0v) is 11.2. The zero-order valence-electron chi connectivity index (χ0n) is 9.65. The lowest BCUT2D eigenvalue weighted by Gasteiger charge is -2.11. The van der Waals surface area contributed by atoms with Crippen molar-refractivity contribution in [2.45, 2.75) is 12.2 Å². The molecule has 0 unspecified atom stereocenters. The van der Waals surface area contributed by atoms with Crippen LogP contribution in [0.5, 0.6) is 11.5 Å². The first-order valence-electron chi connectivity index (χ1n) is 5.54. The van der Waals surface area contributed by atoms with Gasteiger partial charge in [0.25, 0.3) is 0 Å². The fourth-order valence-corrected chi connectivity index (χ4v) is 2.59. The lowest BCUT2D eigenvalue weighted by molar-refractivity contribution is -0.133. The average molecular weight is 289 g/mol. The van der Waals surface area contributed by atoms with Crippen molar-refractivity contribution in [2.24, 2.45) is 0 Å². The van der Waals surface area contributed by atoms with Gasteiger partial charge in [0, 0.05) is 12.2 Å². The second-order valence-corrected chi connectivity index (χ2v) is 5.23. The van der Waals surface area contributed by atoms with Crippen LogP contribution in [0.15, 0.2) is 12.1 Å². The van der Waals surface area contributed by atoms with E-state index in [-0.39, 0.29) is 5.75 Å². The quantitative estimate of drug-likeness (QED) is 0.923. The number of fused-ring (bicyclic) bond motifs is 1. The number of hydrogen-bond donors (Lipinski definition) is 1. The summed E-state index contributed by atoms with van der Waals surface area (Å²) in [6.07, 6.45) is 0.827. The lowest BCUT2D eigenvalue weighted by atomic mass is 10.2. The summed E-state index contributed by atoms with van der Waals surface area (Å²) in [7, 11) is 0. The van der Waals surface area contributed by atoms with Crippen LogP contribution >= 0.6 is 23.4 Å². The highest BCUT2D eigenvalue weighted by molar-refractivity contribution is 7.99. The first-order chi connectivity index (χ1) is 8.66. The number of carboxylic acids is 1. The van der Waals surface area contributed by atoms with Gasteiger partial charge in [0.1, 0.15) is 0 Å². The standard InChI is InChI=1S/C12H13ClO4S/c13-9-4-8(6-18-7-11(14)15)5-10-12(9)17-3-1-2-16-10/h4-5H,1-3,6-7H2,(H,14,15). The average Bonchev–Trinajstić information content (AvgIpc) is 2.54. The van der Waals surface area contributed by atoms with E-state index < -0.39 is 5.97 Å². The fourth-order valence-electron chi connectivity index (χ4n) is 1.62. The van der Waals surface area contributed by atoms with Crippen molar-refractivity contribution >= 4 is 29.3 Å². The number of benzene rings is 1. The number of aliphatic carboxylic acids is 1. The third-order valence-corrected chi connectivity index (χ3v) is 3.63. The predicted octanol–water partition coefficient (Wildman–Crippen LogP) is 2.82. The molecule has 0 saturated heterocycles. The van der Waals surface area contributed by atoms with Gasteiger partial charge in [-0.1, -0.05) is 11.6 Å². The summed E-state index contributed by atoms with van der Waals surface area (Å²) in [5.41, 5.74) is 0.940. The largest absolute Gasteiger partial charge is 0.489 e. The van der Waals surface area contributed by atoms with Gasteiger partial charge in [-0.05, 0) is 17.7 Å². The van der Waals surface area contributed by atoms with E-state index in [0.717, 1.165) is 12.0 Å². The summed E-state index contributed by atoms with van der Waals surface area (Å²) < 4.78 is 11.1. The molecule has 1 N–H and O–H groups in total. The molecule has 18 heavy (non-hydrogen) atoms. The number of rotatable bonds is 4. The van der Waals surface area contributed by atoms with Gasteiger partial charge >= 0.3 is 5.97 Å². The second kappa shape index (κ2) is 6.20. The maximum atomic E-state index is 10.4. The molecule has 1 aliphatic rings. The molecule has 1 heterocycles. The molecule has 1 aromatic carbocycles. The summed E-state index contributed by atoms with van der Waals surface area (Å²) in [6, 6.07) is 3.66. The minimum Gasteiger partial charge on any atom is -0.489 e. The molecule has 1 aliphatic heterocycles. The van der Waals surface area contributed by atoms with Gasteiger partial charge in [-0.2, -0.15) is 0 Å². The Morgan fingerprint density at radius 2 is 2.17 bits per heavy atom. The maximum Gasteiger partial charge on any atom is 0.313 e. The molecule has 98 valence electrons. The van der Waals surface area contributed by atoms with Gasteiger partial charge in [-0.3, -0.25) is 4.79 Å². The summed E-state index contributed by atoms with van der Waals surface area (Å²) in [5, 5.41) is 9.10. The van der Waals surface area contributed by atoms with Crippen molar-refractivity contribution < 1.29 is 19.4 Å². The third kappa shape index (κ3) is 3.46. The summed E-state index contributed by atoms with van der Waals surface area (Å²) >= 11 is 7.46. The van der Waals surface area contributed by atoms with Gasteiger partial charge in [0.2, 0.25) is 0 Å². The molecule has 0 atom stereocenters. The highest BCUT2D eigenvalue weighted by Crippen LogP contribution is 2.38. The molecule has 0 fully saturated rings. The Hall–Kier alpha value is -1.07. The Morgan fingerprint density at radius 1 is 1.39 bits per heavy atom. The van der Waals surface area contributed by atoms with Crippen LogP contribution in [0.2, 0.25) is 5.02 Å². The number of thioether (sulfide) groups is 1. The van der Waals surface area contributed by atoms with Crippen LogP contribution in [0.3, 0.4) is 0 Å². The van der Waals surface area contributed by atoms with Crippen LogP contribution in [0.1, 0.15) is 12.0 Å². The van der Waals surface area contributed by atoms with Crippen molar-refractivity contribution in [1.29, 1.82) is 0 Å². The number of ether oxygens (including phenoxy) is 2. The number of carbonyl (C=O) groups is 1. The van der Waals surface area contributed by atoms with Crippen LogP contribution in [-0.2, 0) is 10.5 Å². The lowest BCUT2D eigenvalue weighted by Crippen LogP contribution is -1.99. The van der Waals surface area contributed by atoms with E-state index in [2.05, 4.69) is 0 Å². The van der Waals surface area contributed by atoms with Crippen LogP contribution in [-0.4, -0.2) is 30.0 Å². The first-order valence-corrected chi connectivity index (χ1v) is 7.07. The van der Waals surface area contributed by atoms with E-state index in [0.29, 0.717) is 35.5 Å². The minimum atomic E-state index is -0.819. The molecule has 0 aliphatic carbocycles. The number of carboxylic acid groups (broad SMARTS) is 1. The van der Waals surface area contributed by atoms with Gasteiger partial charge < -0.3 is 14.6 Å². The molecule has 0 bridgehead atoms. The Kier molecular flexibility index (Phi) is 4.60. The maximum absolute atomic E-state index is 10.4. The van der Waals surface area contributed by atoms with Crippen molar-refractivity contribution in [3.8, 4) is 11.5 Å².